The van der Waals surface area contributed by atoms with Gasteiger partial charge in [0.15, 0.2) is 12.4 Å². The van der Waals surface area contributed by atoms with Gasteiger partial charge in [-0.2, -0.15) is 0 Å². The van der Waals surface area contributed by atoms with E-state index in [9.17, 15) is 15.0 Å². The Hall–Kier alpha value is -0.890. The SMILES string of the molecule is CC1CC(C(OC(=O)C2CCOC2)C(C)(C)O)OC2C1C1(C)CCC34CC35CCC(OC3CN(C6COC6)CCO3)C(C)(C)C5CCC4C1(N)C2O. The molecule has 9 fully saturated rings. The quantitative estimate of drug-likeness (QED) is 0.331. The number of aliphatic hydroxyl groups is 2. The van der Waals surface area contributed by atoms with Crippen LogP contribution in [-0.2, 0) is 33.2 Å². The highest BCUT2D eigenvalue weighted by Crippen LogP contribution is 2.87. The van der Waals surface area contributed by atoms with Crippen molar-refractivity contribution in [3.8, 4) is 0 Å². The predicted octanol–water partition coefficient (Wildman–Crippen LogP) is 3.65. The van der Waals surface area contributed by atoms with Gasteiger partial charge in [0.2, 0.25) is 0 Å². The van der Waals surface area contributed by atoms with Crippen molar-refractivity contribution in [2.24, 2.45) is 57.0 Å². The molecule has 5 aliphatic carbocycles. The summed E-state index contributed by atoms with van der Waals surface area (Å²) >= 11 is 0. The topological polar surface area (TPSA) is 142 Å². The van der Waals surface area contributed by atoms with Gasteiger partial charge in [-0.1, -0.05) is 27.7 Å². The van der Waals surface area contributed by atoms with Crippen molar-refractivity contribution in [3.63, 3.8) is 0 Å². The van der Waals surface area contributed by atoms with Crippen LogP contribution in [0.15, 0.2) is 0 Å². The highest BCUT2D eigenvalue weighted by Gasteiger charge is 2.85. The third-order valence-corrected chi connectivity index (χ3v) is 17.3. The Morgan fingerprint density at radius 3 is 2.42 bits per heavy atom. The van der Waals surface area contributed by atoms with Crippen LogP contribution >= 0.6 is 0 Å². The van der Waals surface area contributed by atoms with Crippen molar-refractivity contribution in [1.82, 2.24) is 4.90 Å². The van der Waals surface area contributed by atoms with Crippen molar-refractivity contribution >= 4 is 5.97 Å². The fourth-order valence-corrected chi connectivity index (χ4v) is 14.7. The fraction of sp³-hybridized carbons (Fsp3) is 0.976. The minimum absolute atomic E-state index is 0.00173. The molecule has 0 amide bonds. The maximum absolute atomic E-state index is 13.2. The number of carbonyl (C=O) groups excluding carboxylic acids is 1. The lowest BCUT2D eigenvalue weighted by Gasteiger charge is -2.63. The average molecular weight is 731 g/mol. The second kappa shape index (κ2) is 12.3. The second-order valence-electron chi connectivity index (χ2n) is 20.4. The smallest absolute Gasteiger partial charge is 0.311 e. The number of carbonyl (C=O) groups is 1. The summed E-state index contributed by atoms with van der Waals surface area (Å²) in [6.45, 7) is 17.8. The number of aliphatic hydroxyl groups excluding tert-OH is 1. The van der Waals surface area contributed by atoms with Crippen molar-refractivity contribution < 1.29 is 43.4 Å². The maximum Gasteiger partial charge on any atom is 0.311 e. The standard InChI is InChI=1S/C41H66N2O9/c1-23-17-26(34(37(4,5)46)52-35(45)24-10-15-47-19-24)50-32-31(23)38(6)12-13-40-22-39(40)11-9-29(51-30-18-43(14-16-49-30)25-20-48-21-25)36(2,3)27(39)7-8-28(40)41(38,42)33(32)44/h23-34,44,46H,7-22,42H2,1-6H3. The summed E-state index contributed by atoms with van der Waals surface area (Å²) in [5.74, 6) is 0.332. The Bertz CT molecular complexity index is 1400. The molecule has 15 atom stereocenters. The van der Waals surface area contributed by atoms with E-state index in [1.165, 1.54) is 6.42 Å². The Balaban J connectivity index is 0.938. The molecule has 0 aromatic heterocycles. The monoisotopic (exact) mass is 730 g/mol. The zero-order valence-corrected chi connectivity index (χ0v) is 32.5. The van der Waals surface area contributed by atoms with E-state index >= 15 is 0 Å². The van der Waals surface area contributed by atoms with Crippen LogP contribution < -0.4 is 5.73 Å². The van der Waals surface area contributed by atoms with E-state index in [0.29, 0.717) is 44.6 Å². The van der Waals surface area contributed by atoms with Crippen LogP contribution in [0.3, 0.4) is 0 Å². The molecule has 4 heterocycles. The molecule has 15 unspecified atom stereocenters. The van der Waals surface area contributed by atoms with Gasteiger partial charge in [-0.05, 0) is 117 Å². The largest absolute Gasteiger partial charge is 0.456 e. The molecule has 11 nitrogen and oxygen atoms in total. The van der Waals surface area contributed by atoms with Gasteiger partial charge in [-0.15, -0.1) is 0 Å². The number of rotatable bonds is 7. The third kappa shape index (κ3) is 5.04. The summed E-state index contributed by atoms with van der Waals surface area (Å²) in [7, 11) is 0. The number of hydrogen-bond donors (Lipinski definition) is 3. The first kappa shape index (κ1) is 36.7. The Morgan fingerprint density at radius 2 is 1.73 bits per heavy atom. The molecular formula is C41H66N2O9. The van der Waals surface area contributed by atoms with Crippen LogP contribution in [0.4, 0.5) is 0 Å². The molecule has 294 valence electrons. The fourth-order valence-electron chi connectivity index (χ4n) is 14.7. The van der Waals surface area contributed by atoms with E-state index in [-0.39, 0.29) is 63.7 Å². The van der Waals surface area contributed by atoms with Gasteiger partial charge in [0, 0.05) is 13.2 Å². The molecular weight excluding hydrogens is 664 g/mol. The van der Waals surface area contributed by atoms with E-state index in [0.717, 1.165) is 64.8 Å². The van der Waals surface area contributed by atoms with Crippen LogP contribution in [0.5, 0.6) is 0 Å². The van der Waals surface area contributed by atoms with Gasteiger partial charge >= 0.3 is 5.97 Å². The van der Waals surface area contributed by atoms with Crippen molar-refractivity contribution in [2.45, 2.75) is 153 Å². The molecule has 9 aliphatic rings. The zero-order valence-electron chi connectivity index (χ0n) is 32.5. The molecule has 0 bridgehead atoms. The van der Waals surface area contributed by atoms with Gasteiger partial charge in [0.05, 0.1) is 80.5 Å². The Morgan fingerprint density at radius 1 is 0.981 bits per heavy atom. The first-order chi connectivity index (χ1) is 24.6. The molecule has 4 aliphatic heterocycles. The highest BCUT2D eigenvalue weighted by atomic mass is 16.7. The molecule has 0 radical (unpaired) electrons. The van der Waals surface area contributed by atoms with Gasteiger partial charge in [-0.25, -0.2) is 0 Å². The van der Waals surface area contributed by atoms with Crippen molar-refractivity contribution in [1.29, 1.82) is 0 Å². The predicted molar refractivity (Wildman–Crippen MR) is 191 cm³/mol. The van der Waals surface area contributed by atoms with E-state index < -0.39 is 35.6 Å². The first-order valence-corrected chi connectivity index (χ1v) is 20.8. The number of esters is 1. The lowest BCUT2D eigenvalue weighted by Crippen LogP contribution is -2.70. The molecule has 9 rings (SSSR count). The van der Waals surface area contributed by atoms with Crippen molar-refractivity contribution in [2.75, 3.05) is 46.1 Å². The minimum atomic E-state index is -1.32. The van der Waals surface area contributed by atoms with Crippen LogP contribution in [-0.4, -0.2) is 121 Å². The number of fused-ring (bicyclic) bond motifs is 4. The van der Waals surface area contributed by atoms with E-state index in [1.54, 1.807) is 13.8 Å². The zero-order chi connectivity index (χ0) is 36.6. The van der Waals surface area contributed by atoms with Gasteiger partial charge in [-0.3, -0.25) is 9.69 Å². The van der Waals surface area contributed by atoms with Gasteiger partial charge < -0.3 is 44.4 Å². The van der Waals surface area contributed by atoms with Gasteiger partial charge in [0.25, 0.3) is 0 Å². The minimum Gasteiger partial charge on any atom is -0.456 e. The normalized spacial score (nSPS) is 51.9. The molecule has 4 N–H and O–H groups in total. The molecule has 0 aromatic carbocycles. The lowest BCUT2D eigenvalue weighted by atomic mass is 9.43. The summed E-state index contributed by atoms with van der Waals surface area (Å²) in [6.07, 6.45) is 6.07. The summed E-state index contributed by atoms with van der Waals surface area (Å²) < 4.78 is 37.0. The number of ether oxygens (including phenoxy) is 6. The molecule has 0 aromatic rings. The summed E-state index contributed by atoms with van der Waals surface area (Å²) in [5, 5.41) is 23.9. The summed E-state index contributed by atoms with van der Waals surface area (Å²) in [5.41, 5.74) is 5.81. The van der Waals surface area contributed by atoms with Crippen LogP contribution in [0, 0.1) is 51.2 Å². The molecule has 2 spiro atoms. The molecule has 4 saturated heterocycles. The van der Waals surface area contributed by atoms with Crippen LogP contribution in [0.25, 0.3) is 0 Å². The molecule has 11 heteroatoms. The van der Waals surface area contributed by atoms with Crippen molar-refractivity contribution in [3.05, 3.63) is 0 Å². The molecule has 52 heavy (non-hydrogen) atoms. The van der Waals surface area contributed by atoms with E-state index in [2.05, 4.69) is 32.6 Å². The highest BCUT2D eigenvalue weighted by molar-refractivity contribution is 5.73. The lowest BCUT2D eigenvalue weighted by molar-refractivity contribution is -0.254. The molecule has 5 saturated carbocycles. The Kier molecular flexibility index (Phi) is 8.69. The number of nitrogens with two attached hydrogens (primary N) is 1. The van der Waals surface area contributed by atoms with Crippen LogP contribution in [0.2, 0.25) is 0 Å². The third-order valence-electron chi connectivity index (χ3n) is 17.3. The van der Waals surface area contributed by atoms with Gasteiger partial charge in [0.1, 0.15) is 0 Å². The number of morpholine rings is 1. The van der Waals surface area contributed by atoms with E-state index in [4.69, 9.17) is 34.2 Å². The van der Waals surface area contributed by atoms with E-state index in [1.807, 2.05) is 0 Å². The van der Waals surface area contributed by atoms with Crippen LogP contribution in [0.1, 0.15) is 99.3 Å². The second-order valence-corrected chi connectivity index (χ2v) is 20.4. The number of nitrogens with zero attached hydrogens (tertiary/aromatic N) is 1. The summed E-state index contributed by atoms with van der Waals surface area (Å²) in [4.78, 5) is 15.7. The first-order valence-electron chi connectivity index (χ1n) is 20.8. The Labute approximate surface area is 310 Å². The maximum atomic E-state index is 13.2. The average Bonchev–Trinajstić information content (AvgIpc) is 3.31. The number of hydrogen-bond acceptors (Lipinski definition) is 11. The summed E-state index contributed by atoms with van der Waals surface area (Å²) in [6, 6.07) is 0.492.